The molecule has 0 saturated heterocycles. The second-order valence-corrected chi connectivity index (χ2v) is 5.26. The van der Waals surface area contributed by atoms with Gasteiger partial charge >= 0.3 is 0 Å². The van der Waals surface area contributed by atoms with Crippen molar-refractivity contribution in [2.75, 3.05) is 6.54 Å². The van der Waals surface area contributed by atoms with Crippen molar-refractivity contribution in [1.82, 2.24) is 24.9 Å². The lowest BCUT2D eigenvalue weighted by molar-refractivity contribution is 0.546. The van der Waals surface area contributed by atoms with E-state index in [-0.39, 0.29) is 0 Å². The van der Waals surface area contributed by atoms with Crippen LogP contribution in [0, 0.1) is 5.92 Å². The summed E-state index contributed by atoms with van der Waals surface area (Å²) in [6.07, 6.45) is 4.93. The molecule has 2 aromatic rings. The number of hydrogen-bond donors (Lipinski definition) is 1. The van der Waals surface area contributed by atoms with Crippen LogP contribution in [-0.2, 0) is 20.0 Å². The van der Waals surface area contributed by atoms with Crippen molar-refractivity contribution >= 4 is 0 Å². The summed E-state index contributed by atoms with van der Waals surface area (Å²) in [6, 6.07) is 2.06. The largest absolute Gasteiger partial charge is 0.311 e. The zero-order chi connectivity index (χ0) is 13.8. The van der Waals surface area contributed by atoms with E-state index in [9.17, 15) is 0 Å². The average Bonchev–Trinajstić information content (AvgIpc) is 2.94. The highest BCUT2D eigenvalue weighted by Gasteiger charge is 2.09. The van der Waals surface area contributed by atoms with Gasteiger partial charge in [-0.25, -0.2) is 4.68 Å². The van der Waals surface area contributed by atoms with Crippen LogP contribution >= 0.6 is 0 Å². The Labute approximate surface area is 114 Å². The van der Waals surface area contributed by atoms with E-state index in [1.807, 2.05) is 28.8 Å². The summed E-state index contributed by atoms with van der Waals surface area (Å²) in [5.41, 5.74) is 3.21. The first kappa shape index (κ1) is 13.8. The van der Waals surface area contributed by atoms with Crippen molar-refractivity contribution in [2.24, 2.45) is 13.0 Å². The van der Waals surface area contributed by atoms with E-state index in [1.54, 1.807) is 0 Å². The summed E-state index contributed by atoms with van der Waals surface area (Å²) >= 11 is 0. The maximum atomic E-state index is 4.60. The summed E-state index contributed by atoms with van der Waals surface area (Å²) in [4.78, 5) is 0. The van der Waals surface area contributed by atoms with Crippen LogP contribution in [0.1, 0.15) is 32.2 Å². The van der Waals surface area contributed by atoms with Gasteiger partial charge in [-0.05, 0) is 24.9 Å². The molecular formula is C14H23N5. The number of nitrogens with one attached hydrogen (secondary N) is 1. The monoisotopic (exact) mass is 261 g/mol. The molecule has 0 aliphatic rings. The van der Waals surface area contributed by atoms with E-state index >= 15 is 0 Å². The minimum Gasteiger partial charge on any atom is -0.311 e. The lowest BCUT2D eigenvalue weighted by Crippen LogP contribution is -2.19. The molecule has 0 unspecified atom stereocenters. The average molecular weight is 261 g/mol. The molecule has 1 N–H and O–H groups in total. The van der Waals surface area contributed by atoms with Gasteiger partial charge in [0.25, 0.3) is 0 Å². The van der Waals surface area contributed by atoms with Gasteiger partial charge in [0.05, 0.1) is 17.6 Å². The first-order valence-corrected chi connectivity index (χ1v) is 6.88. The van der Waals surface area contributed by atoms with Gasteiger partial charge < -0.3 is 5.32 Å². The number of aromatic nitrogens is 4. The molecule has 104 valence electrons. The van der Waals surface area contributed by atoms with Crippen molar-refractivity contribution in [3.63, 3.8) is 0 Å². The first-order chi connectivity index (χ1) is 9.10. The summed E-state index contributed by atoms with van der Waals surface area (Å²) < 4.78 is 3.75. The third-order valence-electron chi connectivity index (χ3n) is 2.97. The zero-order valence-electron chi connectivity index (χ0n) is 12.2. The van der Waals surface area contributed by atoms with Gasteiger partial charge in [0, 0.05) is 19.8 Å². The van der Waals surface area contributed by atoms with Gasteiger partial charge in [-0.1, -0.05) is 20.8 Å². The molecule has 0 radical (unpaired) electrons. The summed E-state index contributed by atoms with van der Waals surface area (Å²) in [6.45, 7) is 8.34. The van der Waals surface area contributed by atoms with E-state index in [4.69, 9.17) is 0 Å². The second-order valence-electron chi connectivity index (χ2n) is 5.26. The normalized spacial score (nSPS) is 11.4. The number of nitrogens with zero attached hydrogens (tertiary/aromatic N) is 4. The van der Waals surface area contributed by atoms with Crippen molar-refractivity contribution in [1.29, 1.82) is 0 Å². The predicted molar refractivity (Wildman–Crippen MR) is 76.3 cm³/mol. The SMILES string of the molecule is CCc1nn(C)cc1-n1ccc(CNCC(C)C)n1. The van der Waals surface area contributed by atoms with Crippen LogP contribution in [0.25, 0.3) is 5.69 Å². The van der Waals surface area contributed by atoms with Gasteiger partial charge in [0.15, 0.2) is 0 Å². The number of hydrogen-bond acceptors (Lipinski definition) is 3. The fourth-order valence-electron chi connectivity index (χ4n) is 2.04. The van der Waals surface area contributed by atoms with E-state index in [2.05, 4.69) is 42.4 Å². The molecule has 0 aliphatic carbocycles. The van der Waals surface area contributed by atoms with E-state index in [1.165, 1.54) is 0 Å². The van der Waals surface area contributed by atoms with Gasteiger partial charge in [0.2, 0.25) is 0 Å². The van der Waals surface area contributed by atoms with Crippen LogP contribution < -0.4 is 5.32 Å². The van der Waals surface area contributed by atoms with Gasteiger partial charge in [-0.2, -0.15) is 10.2 Å². The molecule has 0 spiro atoms. The molecule has 0 saturated carbocycles. The summed E-state index contributed by atoms with van der Waals surface area (Å²) in [5, 5.41) is 12.4. The number of aryl methyl sites for hydroxylation is 2. The lowest BCUT2D eigenvalue weighted by atomic mass is 10.2. The Hall–Kier alpha value is -1.62. The van der Waals surface area contributed by atoms with Crippen molar-refractivity contribution < 1.29 is 0 Å². The minimum absolute atomic E-state index is 0.659. The molecule has 5 nitrogen and oxygen atoms in total. The molecule has 19 heavy (non-hydrogen) atoms. The Kier molecular flexibility index (Phi) is 4.37. The maximum Gasteiger partial charge on any atom is 0.106 e. The maximum absolute atomic E-state index is 4.60. The van der Waals surface area contributed by atoms with Crippen LogP contribution in [0.5, 0.6) is 0 Å². The summed E-state index contributed by atoms with van der Waals surface area (Å²) in [7, 11) is 1.94. The quantitative estimate of drug-likeness (QED) is 0.864. The molecule has 2 heterocycles. The molecule has 2 aromatic heterocycles. The smallest absolute Gasteiger partial charge is 0.106 e. The third-order valence-corrected chi connectivity index (χ3v) is 2.97. The molecular weight excluding hydrogens is 238 g/mol. The van der Waals surface area contributed by atoms with Crippen LogP contribution in [0.3, 0.4) is 0 Å². The fourth-order valence-corrected chi connectivity index (χ4v) is 2.04. The highest BCUT2D eigenvalue weighted by Crippen LogP contribution is 2.13. The minimum atomic E-state index is 0.659. The lowest BCUT2D eigenvalue weighted by Gasteiger charge is -2.05. The Balaban J connectivity index is 2.07. The molecule has 0 bridgehead atoms. The molecule has 0 amide bonds. The van der Waals surface area contributed by atoms with E-state index < -0.39 is 0 Å². The van der Waals surface area contributed by atoms with Gasteiger partial charge in [0.1, 0.15) is 5.69 Å². The Morgan fingerprint density at radius 1 is 1.32 bits per heavy atom. The van der Waals surface area contributed by atoms with E-state index in [0.29, 0.717) is 5.92 Å². The van der Waals surface area contributed by atoms with Crippen molar-refractivity contribution in [2.45, 2.75) is 33.7 Å². The highest BCUT2D eigenvalue weighted by atomic mass is 15.3. The fraction of sp³-hybridized carbons (Fsp3) is 0.571. The van der Waals surface area contributed by atoms with Crippen LogP contribution in [-0.4, -0.2) is 26.1 Å². The standard InChI is InChI=1S/C14H23N5/c1-5-13-14(10-18(4)17-13)19-7-6-12(16-19)9-15-8-11(2)3/h6-7,10-11,15H,5,8-9H2,1-4H3. The van der Waals surface area contributed by atoms with Gasteiger partial charge in [-0.15, -0.1) is 0 Å². The molecule has 0 aliphatic heterocycles. The Morgan fingerprint density at radius 2 is 2.11 bits per heavy atom. The van der Waals surface area contributed by atoms with Crippen LogP contribution in [0.2, 0.25) is 0 Å². The number of rotatable bonds is 6. The highest BCUT2D eigenvalue weighted by molar-refractivity contribution is 5.34. The van der Waals surface area contributed by atoms with Crippen molar-refractivity contribution in [3.05, 3.63) is 29.8 Å². The Bertz CT molecular complexity index is 524. The molecule has 2 rings (SSSR count). The van der Waals surface area contributed by atoms with Crippen LogP contribution in [0.4, 0.5) is 0 Å². The molecule has 0 aromatic carbocycles. The zero-order valence-corrected chi connectivity index (χ0v) is 12.2. The molecule has 0 atom stereocenters. The van der Waals surface area contributed by atoms with Crippen LogP contribution in [0.15, 0.2) is 18.5 Å². The Morgan fingerprint density at radius 3 is 2.79 bits per heavy atom. The predicted octanol–water partition coefficient (Wildman–Crippen LogP) is 1.91. The van der Waals surface area contributed by atoms with Crippen molar-refractivity contribution in [3.8, 4) is 5.69 Å². The first-order valence-electron chi connectivity index (χ1n) is 6.88. The molecule has 5 heteroatoms. The topological polar surface area (TPSA) is 47.7 Å². The van der Waals surface area contributed by atoms with E-state index in [0.717, 1.165) is 36.6 Å². The van der Waals surface area contributed by atoms with Gasteiger partial charge in [-0.3, -0.25) is 4.68 Å². The summed E-state index contributed by atoms with van der Waals surface area (Å²) in [5.74, 6) is 0.659. The molecule has 0 fully saturated rings. The third kappa shape index (κ3) is 3.44. The second kappa shape index (κ2) is 6.02.